The van der Waals surface area contributed by atoms with Crippen LogP contribution in [-0.2, 0) is 0 Å². The fourth-order valence-corrected chi connectivity index (χ4v) is 3.10. The second-order valence-corrected chi connectivity index (χ2v) is 6.29. The number of fused-ring (bicyclic) bond motifs is 1. The molecule has 0 radical (unpaired) electrons. The van der Waals surface area contributed by atoms with Crippen LogP contribution >= 0.6 is 0 Å². The quantitative estimate of drug-likeness (QED) is 0.556. The predicted octanol–water partition coefficient (Wildman–Crippen LogP) is 3.64. The van der Waals surface area contributed by atoms with Gasteiger partial charge in [-0.25, -0.2) is 9.07 Å². The monoisotopic (exact) mass is 348 g/mol. The normalized spacial score (nSPS) is 11.2. The zero-order chi connectivity index (χ0) is 18.4. The minimum Gasteiger partial charge on any atom is -0.265 e. The smallest absolute Gasteiger partial charge is 0.265 e. The molecule has 0 fully saturated rings. The third-order valence-corrected chi connectivity index (χ3v) is 4.69. The molecule has 2 aromatic carbocycles. The molecule has 130 valence electrons. The largest absolute Gasteiger partial charge is 0.298 e. The number of hydrogen-bond donors (Lipinski definition) is 0. The van der Waals surface area contributed by atoms with Crippen LogP contribution in [0, 0.1) is 26.6 Å². The molecule has 0 bridgehead atoms. The van der Waals surface area contributed by atoms with E-state index in [0.29, 0.717) is 16.6 Å². The minimum absolute atomic E-state index is 0.121. The second kappa shape index (κ2) is 5.91. The van der Waals surface area contributed by atoms with Gasteiger partial charge in [0, 0.05) is 5.39 Å². The Hall–Kier alpha value is -3.28. The van der Waals surface area contributed by atoms with Crippen molar-refractivity contribution >= 4 is 10.9 Å². The van der Waals surface area contributed by atoms with Gasteiger partial charge in [-0.15, -0.1) is 0 Å². The van der Waals surface area contributed by atoms with E-state index in [1.807, 2.05) is 32.0 Å². The minimum atomic E-state index is -0.501. The number of hydrogen-bond acceptors (Lipinski definition) is 3. The molecule has 0 N–H and O–H groups in total. The summed E-state index contributed by atoms with van der Waals surface area (Å²) in [5.74, 6) is -0.501. The molecule has 2 heterocycles. The van der Waals surface area contributed by atoms with Crippen LogP contribution in [0.4, 0.5) is 4.39 Å². The maximum atomic E-state index is 14.2. The highest BCUT2D eigenvalue weighted by molar-refractivity contribution is 5.82. The van der Waals surface area contributed by atoms with Crippen LogP contribution in [-0.4, -0.2) is 19.6 Å². The van der Waals surface area contributed by atoms with E-state index in [4.69, 9.17) is 0 Å². The lowest BCUT2D eigenvalue weighted by Gasteiger charge is -2.11. The van der Waals surface area contributed by atoms with Gasteiger partial charge in [0.2, 0.25) is 0 Å². The Morgan fingerprint density at radius 1 is 0.923 bits per heavy atom. The van der Waals surface area contributed by atoms with Crippen LogP contribution in [0.5, 0.6) is 0 Å². The second-order valence-electron chi connectivity index (χ2n) is 6.29. The highest BCUT2D eigenvalue weighted by Crippen LogP contribution is 2.22. The first-order valence-corrected chi connectivity index (χ1v) is 8.28. The highest BCUT2D eigenvalue weighted by Gasteiger charge is 2.18. The van der Waals surface area contributed by atoms with Gasteiger partial charge in [-0.3, -0.25) is 4.79 Å². The zero-order valence-corrected chi connectivity index (χ0v) is 14.7. The third-order valence-electron chi connectivity index (χ3n) is 4.69. The number of aryl methyl sites for hydroxylation is 2. The van der Waals surface area contributed by atoms with E-state index in [9.17, 15) is 9.18 Å². The van der Waals surface area contributed by atoms with Crippen LogP contribution in [0.15, 0.2) is 53.5 Å². The summed E-state index contributed by atoms with van der Waals surface area (Å²) in [5.41, 5.74) is 3.66. The standard InChI is InChI=1S/C20H17FN4O/c1-12-7-6-10-17(13(12)2)24-19-15(11-22-24)14(3)23-25(20(19)26)18-9-5-4-8-16(18)21/h4-11H,1-3H3. The third kappa shape index (κ3) is 2.34. The van der Waals surface area contributed by atoms with Gasteiger partial charge in [0.05, 0.1) is 17.6 Å². The van der Waals surface area contributed by atoms with Crippen LogP contribution < -0.4 is 5.56 Å². The van der Waals surface area contributed by atoms with Gasteiger partial charge >= 0.3 is 0 Å². The summed E-state index contributed by atoms with van der Waals surface area (Å²) in [6.45, 7) is 5.78. The van der Waals surface area contributed by atoms with Crippen molar-refractivity contribution in [2.75, 3.05) is 0 Å². The highest BCUT2D eigenvalue weighted by atomic mass is 19.1. The van der Waals surface area contributed by atoms with Crippen LogP contribution in [0.2, 0.25) is 0 Å². The first-order valence-electron chi connectivity index (χ1n) is 8.28. The van der Waals surface area contributed by atoms with Gasteiger partial charge < -0.3 is 0 Å². The molecule has 4 rings (SSSR count). The molecular weight excluding hydrogens is 331 g/mol. The van der Waals surface area contributed by atoms with E-state index in [1.165, 1.54) is 12.1 Å². The summed E-state index contributed by atoms with van der Waals surface area (Å²) in [6.07, 6.45) is 1.63. The van der Waals surface area contributed by atoms with Crippen molar-refractivity contribution in [3.8, 4) is 11.4 Å². The summed E-state index contributed by atoms with van der Waals surface area (Å²) in [4.78, 5) is 13.2. The fraction of sp³-hybridized carbons (Fsp3) is 0.150. The molecule has 0 amide bonds. The number of halogens is 1. The van der Waals surface area contributed by atoms with Gasteiger partial charge in [-0.2, -0.15) is 14.9 Å². The van der Waals surface area contributed by atoms with Crippen LogP contribution in [0.1, 0.15) is 16.8 Å². The predicted molar refractivity (Wildman–Crippen MR) is 98.6 cm³/mol. The van der Waals surface area contributed by atoms with E-state index in [-0.39, 0.29) is 5.69 Å². The molecule has 2 aromatic heterocycles. The van der Waals surface area contributed by atoms with Crippen molar-refractivity contribution in [3.05, 3.63) is 81.7 Å². The number of para-hydroxylation sites is 1. The molecule has 5 nitrogen and oxygen atoms in total. The van der Waals surface area contributed by atoms with E-state index in [1.54, 1.807) is 29.9 Å². The average molecular weight is 348 g/mol. The molecule has 26 heavy (non-hydrogen) atoms. The van der Waals surface area contributed by atoms with Gasteiger partial charge in [0.1, 0.15) is 17.0 Å². The SMILES string of the molecule is Cc1cccc(-n2ncc3c(C)nn(-c4ccccc4F)c(=O)c32)c1C. The average Bonchev–Trinajstić information content (AvgIpc) is 3.07. The Morgan fingerprint density at radius 3 is 2.42 bits per heavy atom. The molecule has 4 aromatic rings. The van der Waals surface area contributed by atoms with Gasteiger partial charge in [0.25, 0.3) is 5.56 Å². The van der Waals surface area contributed by atoms with Crippen molar-refractivity contribution in [2.24, 2.45) is 0 Å². The summed E-state index contributed by atoms with van der Waals surface area (Å²) in [7, 11) is 0. The molecule has 0 saturated carbocycles. The Labute approximate surface area is 149 Å². The summed E-state index contributed by atoms with van der Waals surface area (Å²) in [5, 5.41) is 9.36. The van der Waals surface area contributed by atoms with E-state index in [2.05, 4.69) is 10.2 Å². The van der Waals surface area contributed by atoms with Gasteiger partial charge in [-0.05, 0) is 50.1 Å². The topological polar surface area (TPSA) is 52.7 Å². The summed E-state index contributed by atoms with van der Waals surface area (Å²) in [6, 6.07) is 11.9. The molecule has 0 saturated heterocycles. The molecule has 0 spiro atoms. The van der Waals surface area contributed by atoms with Crippen molar-refractivity contribution < 1.29 is 4.39 Å². The number of benzene rings is 2. The first kappa shape index (κ1) is 16.2. The Bertz CT molecular complexity index is 1210. The van der Waals surface area contributed by atoms with Crippen molar-refractivity contribution in [1.29, 1.82) is 0 Å². The summed E-state index contributed by atoms with van der Waals surface area (Å²) >= 11 is 0. The number of rotatable bonds is 2. The Morgan fingerprint density at radius 2 is 1.65 bits per heavy atom. The fourth-order valence-electron chi connectivity index (χ4n) is 3.10. The van der Waals surface area contributed by atoms with E-state index < -0.39 is 11.4 Å². The molecular formula is C20H17FN4O. The zero-order valence-electron chi connectivity index (χ0n) is 14.7. The van der Waals surface area contributed by atoms with Crippen LogP contribution in [0.25, 0.3) is 22.3 Å². The maximum absolute atomic E-state index is 14.2. The lowest BCUT2D eigenvalue weighted by Crippen LogP contribution is -2.25. The van der Waals surface area contributed by atoms with Crippen molar-refractivity contribution in [2.45, 2.75) is 20.8 Å². The molecule has 0 aliphatic heterocycles. The van der Waals surface area contributed by atoms with Crippen molar-refractivity contribution in [1.82, 2.24) is 19.6 Å². The molecule has 0 aliphatic rings. The van der Waals surface area contributed by atoms with E-state index in [0.717, 1.165) is 21.5 Å². The number of aromatic nitrogens is 4. The molecule has 0 atom stereocenters. The molecule has 6 heteroatoms. The molecule has 0 aliphatic carbocycles. The van der Waals surface area contributed by atoms with Crippen molar-refractivity contribution in [3.63, 3.8) is 0 Å². The first-order chi connectivity index (χ1) is 12.5. The van der Waals surface area contributed by atoms with Gasteiger partial charge in [0.15, 0.2) is 0 Å². The lowest BCUT2D eigenvalue weighted by molar-refractivity contribution is 0.605. The number of nitrogens with zero attached hydrogens (tertiary/aromatic N) is 4. The lowest BCUT2D eigenvalue weighted by atomic mass is 10.1. The maximum Gasteiger partial charge on any atom is 0.298 e. The van der Waals surface area contributed by atoms with Gasteiger partial charge in [-0.1, -0.05) is 24.3 Å². The van der Waals surface area contributed by atoms with Crippen LogP contribution in [0.3, 0.4) is 0 Å². The Kier molecular flexibility index (Phi) is 3.68. The Balaban J connectivity index is 2.09. The molecule has 0 unspecified atom stereocenters. The summed E-state index contributed by atoms with van der Waals surface area (Å²) < 4.78 is 17.0. The van der Waals surface area contributed by atoms with E-state index >= 15 is 0 Å².